The number of phenolic OH excluding ortho intramolecular Hbond substituents is 1. The number of rotatable bonds is 8. The summed E-state index contributed by atoms with van der Waals surface area (Å²) in [7, 11) is 2.04. The third-order valence-corrected chi connectivity index (χ3v) is 8.88. The van der Waals surface area contributed by atoms with Crippen LogP contribution in [0, 0.1) is 5.41 Å². The van der Waals surface area contributed by atoms with Crippen molar-refractivity contribution < 1.29 is 24.5 Å². The third kappa shape index (κ3) is 6.38. The molecule has 1 aromatic rings. The molecule has 0 bridgehead atoms. The molecule has 0 saturated carbocycles. The number of unbranched alkanes of at least 4 members (excludes halogenated alkanes) is 1. The van der Waals surface area contributed by atoms with E-state index in [2.05, 4.69) is 32.6 Å². The predicted octanol–water partition coefficient (Wildman–Crippen LogP) is 6.99. The Morgan fingerprint density at radius 3 is 1.95 bits per heavy atom. The molecule has 1 heterocycles. The number of nitrogens with zero attached hydrogens (tertiary/aromatic N) is 1. The summed E-state index contributed by atoms with van der Waals surface area (Å²) in [4.78, 5) is 29.3. The van der Waals surface area contributed by atoms with Gasteiger partial charge in [0, 0.05) is 5.54 Å². The third-order valence-electron chi connectivity index (χ3n) is 8.88. The number of phenols is 1. The van der Waals surface area contributed by atoms with Crippen molar-refractivity contribution in [1.29, 1.82) is 0 Å². The summed E-state index contributed by atoms with van der Waals surface area (Å²) in [6, 6.07) is 3.75. The number of likely N-dealkylation sites (tertiary alicyclic amines) is 1. The average Bonchev–Trinajstić information content (AvgIpc) is 2.76. The van der Waals surface area contributed by atoms with Crippen molar-refractivity contribution in [1.82, 2.24) is 4.90 Å². The predicted molar refractivity (Wildman–Crippen MR) is 154 cm³/mol. The van der Waals surface area contributed by atoms with Gasteiger partial charge in [0.25, 0.3) is 0 Å². The van der Waals surface area contributed by atoms with Gasteiger partial charge in [-0.2, -0.15) is 0 Å². The Hall–Kier alpha value is -2.08. The van der Waals surface area contributed by atoms with Gasteiger partial charge >= 0.3 is 11.9 Å². The standard InChI is InChI=1S/C32H53NO5/c1-13-14-16-32(26(35)36,27(37)38-24-15-17-30(8,9)33(12)31(24,10)11)20-21-18-22(28(2,3)4)25(34)23(19-21)29(5,6)7/h18-19,24,34H,13-17,20H2,1-12H3,(H,35,36). The molecular formula is C32H53NO5. The first kappa shape index (κ1) is 32.1. The van der Waals surface area contributed by atoms with Gasteiger partial charge < -0.3 is 14.9 Å². The number of aliphatic carboxylic acids is 1. The molecule has 0 aromatic heterocycles. The van der Waals surface area contributed by atoms with Crippen LogP contribution in [0.2, 0.25) is 0 Å². The highest BCUT2D eigenvalue weighted by atomic mass is 16.5. The van der Waals surface area contributed by atoms with Crippen LogP contribution in [0.4, 0.5) is 0 Å². The average molecular weight is 532 g/mol. The van der Waals surface area contributed by atoms with E-state index in [9.17, 15) is 19.8 Å². The molecule has 6 nitrogen and oxygen atoms in total. The summed E-state index contributed by atoms with van der Waals surface area (Å²) < 4.78 is 6.17. The normalized spacial score (nSPS) is 21.5. The van der Waals surface area contributed by atoms with Crippen molar-refractivity contribution in [2.24, 2.45) is 5.41 Å². The lowest BCUT2D eigenvalue weighted by molar-refractivity contribution is -0.185. The summed E-state index contributed by atoms with van der Waals surface area (Å²) in [5.41, 5.74) is -0.686. The van der Waals surface area contributed by atoms with E-state index in [1.807, 2.05) is 67.6 Å². The Labute approximate surface area is 231 Å². The summed E-state index contributed by atoms with van der Waals surface area (Å²) in [6.45, 7) is 22.6. The summed E-state index contributed by atoms with van der Waals surface area (Å²) >= 11 is 0. The Morgan fingerprint density at radius 1 is 1.03 bits per heavy atom. The molecule has 0 spiro atoms. The lowest BCUT2D eigenvalue weighted by Gasteiger charge is -2.54. The summed E-state index contributed by atoms with van der Waals surface area (Å²) in [6.07, 6.45) is 2.69. The maximum Gasteiger partial charge on any atom is 0.324 e. The molecule has 0 amide bonds. The van der Waals surface area contributed by atoms with Crippen LogP contribution >= 0.6 is 0 Å². The van der Waals surface area contributed by atoms with Gasteiger partial charge in [-0.25, -0.2) is 0 Å². The molecular weight excluding hydrogens is 478 g/mol. The van der Waals surface area contributed by atoms with Crippen LogP contribution in [0.25, 0.3) is 0 Å². The minimum absolute atomic E-state index is 0.0160. The number of aromatic hydroxyl groups is 1. The van der Waals surface area contributed by atoms with Crippen molar-refractivity contribution in [3.05, 3.63) is 28.8 Å². The van der Waals surface area contributed by atoms with Gasteiger partial charge in [0.15, 0.2) is 5.41 Å². The second-order valence-corrected chi connectivity index (χ2v) is 14.7. The fraction of sp³-hybridized carbons (Fsp3) is 0.750. The molecule has 38 heavy (non-hydrogen) atoms. The van der Waals surface area contributed by atoms with E-state index in [1.165, 1.54) is 0 Å². The van der Waals surface area contributed by atoms with Gasteiger partial charge in [-0.05, 0) is 87.9 Å². The SMILES string of the molecule is CCCCC(Cc1cc(C(C)(C)C)c(O)c(C(C)(C)C)c1)(C(=O)O)C(=O)OC1CCC(C)(C)N(C)C1(C)C. The minimum Gasteiger partial charge on any atom is -0.507 e. The Balaban J connectivity index is 2.61. The number of carbonyl (C=O) groups is 2. The number of carbonyl (C=O) groups excluding carboxylic acids is 1. The quantitative estimate of drug-likeness (QED) is 0.278. The highest BCUT2D eigenvalue weighted by molar-refractivity contribution is 5.99. The molecule has 1 saturated heterocycles. The first-order valence-electron chi connectivity index (χ1n) is 14.2. The first-order chi connectivity index (χ1) is 17.1. The summed E-state index contributed by atoms with van der Waals surface area (Å²) in [5, 5.41) is 21.8. The van der Waals surface area contributed by atoms with Gasteiger partial charge in [0.1, 0.15) is 11.9 Å². The lowest BCUT2D eigenvalue weighted by Crippen LogP contribution is -2.64. The van der Waals surface area contributed by atoms with E-state index in [0.29, 0.717) is 12.8 Å². The monoisotopic (exact) mass is 531 g/mol. The van der Waals surface area contributed by atoms with Gasteiger partial charge in [0.2, 0.25) is 0 Å². The molecule has 1 aliphatic heterocycles. The molecule has 2 N–H and O–H groups in total. The van der Waals surface area contributed by atoms with E-state index >= 15 is 0 Å². The van der Waals surface area contributed by atoms with E-state index in [4.69, 9.17) is 4.74 Å². The zero-order valence-electron chi connectivity index (χ0n) is 26.0. The van der Waals surface area contributed by atoms with Crippen LogP contribution in [-0.2, 0) is 31.6 Å². The molecule has 216 valence electrons. The van der Waals surface area contributed by atoms with Crippen LogP contribution in [-0.4, -0.2) is 51.3 Å². The molecule has 2 atom stereocenters. The summed E-state index contributed by atoms with van der Waals surface area (Å²) in [5.74, 6) is -1.58. The van der Waals surface area contributed by atoms with Crippen molar-refractivity contribution in [2.45, 2.75) is 143 Å². The number of likely N-dealkylation sites (N-methyl/N-ethyl adjacent to an activating group) is 1. The zero-order valence-corrected chi connectivity index (χ0v) is 26.0. The highest BCUT2D eigenvalue weighted by Crippen LogP contribution is 2.43. The Bertz CT molecular complexity index is 992. The molecule has 1 fully saturated rings. The Kier molecular flexibility index (Phi) is 9.15. The number of hydrogen-bond acceptors (Lipinski definition) is 5. The van der Waals surface area contributed by atoms with Gasteiger partial charge in [-0.3, -0.25) is 14.5 Å². The fourth-order valence-electron chi connectivity index (χ4n) is 5.75. The molecule has 2 unspecified atom stereocenters. The topological polar surface area (TPSA) is 87.1 Å². The number of ether oxygens (including phenoxy) is 1. The van der Waals surface area contributed by atoms with Gasteiger partial charge in [-0.1, -0.05) is 73.4 Å². The first-order valence-corrected chi connectivity index (χ1v) is 14.2. The van der Waals surface area contributed by atoms with E-state index in [-0.39, 0.29) is 35.0 Å². The molecule has 6 heteroatoms. The van der Waals surface area contributed by atoms with Crippen LogP contribution < -0.4 is 0 Å². The number of benzene rings is 1. The maximum absolute atomic E-state index is 14.0. The van der Waals surface area contributed by atoms with E-state index in [0.717, 1.165) is 29.5 Å². The lowest BCUT2D eigenvalue weighted by atomic mass is 9.73. The van der Waals surface area contributed by atoms with Crippen LogP contribution in [0.3, 0.4) is 0 Å². The van der Waals surface area contributed by atoms with Gasteiger partial charge in [-0.15, -0.1) is 0 Å². The number of piperidine rings is 1. The molecule has 0 radical (unpaired) electrons. The smallest absolute Gasteiger partial charge is 0.324 e. The second-order valence-electron chi connectivity index (χ2n) is 14.7. The molecule has 0 aliphatic carbocycles. The van der Waals surface area contributed by atoms with Crippen molar-refractivity contribution in [2.75, 3.05) is 7.05 Å². The minimum atomic E-state index is -1.71. The second kappa shape index (κ2) is 10.8. The molecule has 1 aliphatic rings. The Morgan fingerprint density at radius 2 is 1.53 bits per heavy atom. The van der Waals surface area contributed by atoms with Crippen molar-refractivity contribution in [3.8, 4) is 5.75 Å². The molecule has 1 aromatic carbocycles. The number of esters is 1. The highest BCUT2D eigenvalue weighted by Gasteiger charge is 2.52. The zero-order chi connectivity index (χ0) is 29.5. The number of carboxylic acids is 1. The van der Waals surface area contributed by atoms with Crippen molar-refractivity contribution in [3.63, 3.8) is 0 Å². The van der Waals surface area contributed by atoms with Crippen LogP contribution in [0.5, 0.6) is 5.75 Å². The number of hydrogen-bond donors (Lipinski definition) is 2. The molecule has 2 rings (SSSR count). The van der Waals surface area contributed by atoms with E-state index < -0.39 is 29.0 Å². The van der Waals surface area contributed by atoms with Crippen LogP contribution in [0.1, 0.15) is 125 Å². The van der Waals surface area contributed by atoms with Gasteiger partial charge in [0.05, 0.1) is 5.54 Å². The largest absolute Gasteiger partial charge is 0.507 e. The van der Waals surface area contributed by atoms with Crippen molar-refractivity contribution >= 4 is 11.9 Å². The maximum atomic E-state index is 14.0. The van der Waals surface area contributed by atoms with Crippen LogP contribution in [0.15, 0.2) is 12.1 Å². The number of carboxylic acid groups (broad SMARTS) is 1. The fourth-order valence-corrected chi connectivity index (χ4v) is 5.75. The van der Waals surface area contributed by atoms with E-state index in [1.54, 1.807) is 0 Å².